The van der Waals surface area contributed by atoms with Gasteiger partial charge in [-0.3, -0.25) is 4.79 Å². The number of hydrogen-bond donors (Lipinski definition) is 3. The minimum absolute atomic E-state index is 0.00568. The molecule has 176 valence electrons. The minimum atomic E-state index is -0.618. The van der Waals surface area contributed by atoms with E-state index in [0.717, 1.165) is 44.1 Å². The number of nitrogens with zero attached hydrogens (tertiary/aromatic N) is 3. The third-order valence-electron chi connectivity index (χ3n) is 6.77. The summed E-state index contributed by atoms with van der Waals surface area (Å²) in [6.45, 7) is 1.50. The highest BCUT2D eigenvalue weighted by atomic mass is 35.5. The molecule has 2 aliphatic carbocycles. The van der Waals surface area contributed by atoms with Crippen molar-refractivity contribution in [1.29, 1.82) is 0 Å². The molecule has 5 atom stereocenters. The molecule has 2 fully saturated rings. The van der Waals surface area contributed by atoms with Gasteiger partial charge in [0.05, 0.1) is 17.0 Å². The third-order valence-corrected chi connectivity index (χ3v) is 6.95. The number of anilines is 1. The van der Waals surface area contributed by atoms with Crippen LogP contribution in [0.3, 0.4) is 0 Å². The van der Waals surface area contributed by atoms with Crippen molar-refractivity contribution in [2.75, 3.05) is 25.5 Å². The first-order chi connectivity index (χ1) is 15.9. The zero-order chi connectivity index (χ0) is 23.5. The van der Waals surface area contributed by atoms with E-state index in [1.807, 2.05) is 12.1 Å². The summed E-state index contributed by atoms with van der Waals surface area (Å²) in [4.78, 5) is 36.5. The van der Waals surface area contributed by atoms with Gasteiger partial charge in [0, 0.05) is 18.2 Å². The highest BCUT2D eigenvalue weighted by Gasteiger charge is 2.54. The number of rotatable bonds is 10. The van der Waals surface area contributed by atoms with Crippen molar-refractivity contribution in [1.82, 2.24) is 15.3 Å². The first-order valence-electron chi connectivity index (χ1n) is 10.9. The van der Waals surface area contributed by atoms with Crippen molar-refractivity contribution in [3.8, 4) is 0 Å². The molecule has 4 N–H and O–H groups in total. The Balaban J connectivity index is 1.36. The fourth-order valence-corrected chi connectivity index (χ4v) is 5.52. The predicted octanol–water partition coefficient (Wildman–Crippen LogP) is 2.61. The first-order valence-corrected chi connectivity index (χ1v) is 11.3. The quantitative estimate of drug-likeness (QED) is 0.273. The molecule has 4 rings (SSSR count). The van der Waals surface area contributed by atoms with Gasteiger partial charge in [0.15, 0.2) is 18.7 Å². The summed E-state index contributed by atoms with van der Waals surface area (Å²) in [5.41, 5.74) is 7.16. The van der Waals surface area contributed by atoms with Crippen molar-refractivity contribution in [3.05, 3.63) is 52.0 Å². The summed E-state index contributed by atoms with van der Waals surface area (Å²) >= 11 is 5.82. The van der Waals surface area contributed by atoms with Crippen LogP contribution in [0.5, 0.6) is 0 Å². The number of fused-ring (bicyclic) bond motifs is 2. The van der Waals surface area contributed by atoms with Gasteiger partial charge >= 0.3 is 5.69 Å². The summed E-state index contributed by atoms with van der Waals surface area (Å²) in [6.07, 6.45) is 3.51. The molecule has 0 radical (unpaired) electrons. The number of aromatic nitrogens is 2. The third kappa shape index (κ3) is 5.06. The number of nitrogens with one attached hydrogen (secondary N) is 2. The average Bonchev–Trinajstić information content (AvgIpc) is 3.37. The largest absolute Gasteiger partial charge is 0.369 e. The summed E-state index contributed by atoms with van der Waals surface area (Å²) in [5, 5.41) is 6.52. The van der Waals surface area contributed by atoms with Crippen molar-refractivity contribution < 1.29 is 18.9 Å². The first kappa shape index (κ1) is 23.3. The number of hydrogen-bond acceptors (Lipinski definition) is 7. The molecule has 1 aromatic carbocycles. The molecule has 2 bridgehead atoms. The minimum Gasteiger partial charge on any atom is -0.369 e. The lowest BCUT2D eigenvalue weighted by Gasteiger charge is -2.35. The fraction of sp³-hybridized carbons (Fsp3) is 0.500. The summed E-state index contributed by atoms with van der Waals surface area (Å²) in [5.74, 6) is -0.742. The van der Waals surface area contributed by atoms with Gasteiger partial charge in [0.1, 0.15) is 0 Å². The second kappa shape index (κ2) is 9.96. The van der Waals surface area contributed by atoms with Gasteiger partial charge in [0.2, 0.25) is 11.2 Å². The van der Waals surface area contributed by atoms with E-state index in [0.29, 0.717) is 16.5 Å². The molecule has 33 heavy (non-hydrogen) atoms. The van der Waals surface area contributed by atoms with E-state index in [1.54, 1.807) is 12.1 Å². The van der Waals surface area contributed by atoms with Gasteiger partial charge in [0.25, 0.3) is 4.92 Å². The van der Waals surface area contributed by atoms with Crippen LogP contribution in [-0.2, 0) is 16.1 Å². The van der Waals surface area contributed by atoms with Crippen LogP contribution in [0.15, 0.2) is 30.5 Å². The van der Waals surface area contributed by atoms with Crippen LogP contribution in [0.4, 0.5) is 15.9 Å². The predicted molar refractivity (Wildman–Crippen MR) is 120 cm³/mol. The Kier molecular flexibility index (Phi) is 7.04. The van der Waals surface area contributed by atoms with Crippen molar-refractivity contribution >= 4 is 29.0 Å². The number of primary amides is 1. The van der Waals surface area contributed by atoms with E-state index in [2.05, 4.69) is 25.4 Å². The van der Waals surface area contributed by atoms with Gasteiger partial charge in [-0.1, -0.05) is 12.1 Å². The van der Waals surface area contributed by atoms with Crippen molar-refractivity contribution in [3.63, 3.8) is 0 Å². The molecule has 2 saturated carbocycles. The van der Waals surface area contributed by atoms with Gasteiger partial charge in [-0.2, -0.15) is 4.98 Å². The van der Waals surface area contributed by atoms with Crippen LogP contribution < -0.4 is 16.4 Å². The molecule has 9 nitrogen and oxygen atoms in total. The number of carbonyl (C=O) groups is 1. The monoisotopic (exact) mass is 477 g/mol. The molecule has 0 saturated heterocycles. The Labute approximate surface area is 195 Å². The smallest absolute Gasteiger partial charge is 0.317 e. The number of carbonyl (C=O) groups excluding carboxylic acids is 1. The van der Waals surface area contributed by atoms with Crippen LogP contribution in [0.1, 0.15) is 18.4 Å². The molecule has 2 aromatic rings. The second-order valence-corrected chi connectivity index (χ2v) is 8.99. The molecule has 0 spiro atoms. The highest BCUT2D eigenvalue weighted by molar-refractivity contribution is 6.28. The maximum absolute atomic E-state index is 14.2. The summed E-state index contributed by atoms with van der Waals surface area (Å²) in [6, 6.07) is 6.98. The second-order valence-electron chi connectivity index (χ2n) is 8.65. The lowest BCUT2D eigenvalue weighted by atomic mass is 9.77. The van der Waals surface area contributed by atoms with Gasteiger partial charge in [-0.05, 0) is 67.3 Å². The maximum atomic E-state index is 14.2. The standard InChI is InChI=1S/C22H26ClFN6O3/c1-33-30(32)15-4-2-3-12(7-15)5-6-26-10-14-8-13-9-16(14)19(18(13)20(25)31)28-21-17(24)11-27-22(23)29-21/h2-4,7,11,13-14,16,18-19,26H,5-6,8-10H2,1H3,(H2-,25,27,28,29,31)/p+1. The SMILES string of the molecule is CO[N+](=O)c1cccc(CCNCC2CC3CC2C(Nc2nc(Cl)ncc2F)C3C(N)=O)c1. The van der Waals surface area contributed by atoms with E-state index >= 15 is 0 Å². The average molecular weight is 478 g/mol. The van der Waals surface area contributed by atoms with Crippen LogP contribution in [-0.4, -0.2) is 47.0 Å². The Morgan fingerprint density at radius 2 is 2.21 bits per heavy atom. The molecular formula is C22H27ClFN6O3+. The summed E-state index contributed by atoms with van der Waals surface area (Å²) in [7, 11) is 1.33. The Morgan fingerprint density at radius 3 is 2.97 bits per heavy atom. The van der Waals surface area contributed by atoms with E-state index in [-0.39, 0.29) is 40.8 Å². The molecule has 1 heterocycles. The van der Waals surface area contributed by atoms with E-state index in [9.17, 15) is 14.1 Å². The van der Waals surface area contributed by atoms with E-state index < -0.39 is 5.82 Å². The van der Waals surface area contributed by atoms with Crippen LogP contribution in [0, 0.1) is 34.4 Å². The fourth-order valence-electron chi connectivity index (χ4n) is 5.39. The van der Waals surface area contributed by atoms with Gasteiger partial charge in [-0.25, -0.2) is 14.2 Å². The highest BCUT2D eigenvalue weighted by Crippen LogP contribution is 2.52. The Bertz CT molecular complexity index is 1040. The van der Waals surface area contributed by atoms with Crippen LogP contribution in [0.25, 0.3) is 0 Å². The van der Waals surface area contributed by atoms with Crippen molar-refractivity contribution in [2.45, 2.75) is 25.3 Å². The number of amides is 1. The molecule has 0 aliphatic heterocycles. The maximum Gasteiger partial charge on any atom is 0.317 e. The zero-order valence-electron chi connectivity index (χ0n) is 18.2. The lowest BCUT2D eigenvalue weighted by molar-refractivity contribution is -0.736. The molecule has 1 amide bonds. The molecule has 2 aliphatic rings. The molecule has 11 heteroatoms. The zero-order valence-corrected chi connectivity index (χ0v) is 19.0. The normalized spacial score (nSPS) is 25.7. The number of nitrogens with two attached hydrogens (primary N) is 1. The topological polar surface area (TPSA) is 122 Å². The molecule has 1 aromatic heterocycles. The van der Waals surface area contributed by atoms with Gasteiger partial charge in [-0.15, -0.1) is 0 Å². The molecular weight excluding hydrogens is 451 g/mol. The molecule has 5 unspecified atom stereocenters. The Morgan fingerprint density at radius 1 is 1.39 bits per heavy atom. The lowest BCUT2D eigenvalue weighted by Crippen LogP contribution is -2.47. The van der Waals surface area contributed by atoms with E-state index in [4.69, 9.17) is 17.3 Å². The van der Waals surface area contributed by atoms with Crippen molar-refractivity contribution in [2.24, 2.45) is 29.4 Å². The Hall–Kier alpha value is -2.85. The number of halogens is 2. The van der Waals surface area contributed by atoms with Crippen LogP contribution in [0.2, 0.25) is 5.28 Å². The number of benzene rings is 1. The van der Waals surface area contributed by atoms with Gasteiger partial charge < -0.3 is 16.4 Å². The van der Waals surface area contributed by atoms with E-state index in [1.165, 1.54) is 7.11 Å². The summed E-state index contributed by atoms with van der Waals surface area (Å²) < 4.78 is 14.2. The van der Waals surface area contributed by atoms with Crippen LogP contribution >= 0.6 is 11.6 Å².